The highest BCUT2D eigenvalue weighted by Crippen LogP contribution is 2.34. The van der Waals surface area contributed by atoms with Gasteiger partial charge in [0.15, 0.2) is 0 Å². The molecule has 0 saturated heterocycles. The van der Waals surface area contributed by atoms with Gasteiger partial charge in [-0.1, -0.05) is 55.6 Å². The molecule has 0 radical (unpaired) electrons. The van der Waals surface area contributed by atoms with Crippen molar-refractivity contribution in [2.24, 2.45) is 17.0 Å². The van der Waals surface area contributed by atoms with Gasteiger partial charge in [-0.3, -0.25) is 4.79 Å². The van der Waals surface area contributed by atoms with Crippen LogP contribution in [0.3, 0.4) is 0 Å². The molecule has 27 heavy (non-hydrogen) atoms. The molecule has 0 bridgehead atoms. The SMILES string of the molecule is CCCCC[C@H](O)C=C[C@H]1[C@H](O)C/C(=N\OC)[C@@H]1CC=CCCCC(=O)O. The molecule has 0 aromatic rings. The average molecular weight is 382 g/mol. The van der Waals surface area contributed by atoms with Gasteiger partial charge in [-0.15, -0.1) is 0 Å². The van der Waals surface area contributed by atoms with E-state index >= 15 is 0 Å². The molecule has 0 unspecified atom stereocenters. The Morgan fingerprint density at radius 2 is 2.11 bits per heavy atom. The van der Waals surface area contributed by atoms with Crippen LogP contribution in [0.25, 0.3) is 0 Å². The molecule has 1 fully saturated rings. The summed E-state index contributed by atoms with van der Waals surface area (Å²) < 4.78 is 0. The van der Waals surface area contributed by atoms with E-state index in [0.717, 1.165) is 37.8 Å². The standard InChI is InChI=1S/C21H35NO5/c1-3-4-7-10-16(23)13-14-18-17(19(22-27-2)15-20(18)24)11-8-5-6-9-12-21(25)26/h5,8,13-14,16-18,20,23-24H,3-4,6-7,9-12,15H2,1-2H3,(H,25,26)/b8-5?,14-13?,22-19+/t16-,17+,18+,20+/m0/s1. The van der Waals surface area contributed by atoms with Crippen LogP contribution in [0.15, 0.2) is 29.5 Å². The zero-order chi connectivity index (χ0) is 20.1. The van der Waals surface area contributed by atoms with Crippen LogP contribution in [-0.2, 0) is 9.63 Å². The minimum Gasteiger partial charge on any atom is -0.481 e. The van der Waals surface area contributed by atoms with Gasteiger partial charge in [0.2, 0.25) is 0 Å². The Kier molecular flexibility index (Phi) is 11.7. The van der Waals surface area contributed by atoms with Crippen LogP contribution < -0.4 is 0 Å². The van der Waals surface area contributed by atoms with E-state index in [9.17, 15) is 15.0 Å². The van der Waals surface area contributed by atoms with E-state index in [0.29, 0.717) is 19.3 Å². The fraction of sp³-hybridized carbons (Fsp3) is 0.714. The highest BCUT2D eigenvalue weighted by Gasteiger charge is 2.38. The Morgan fingerprint density at radius 3 is 2.78 bits per heavy atom. The molecule has 1 aliphatic carbocycles. The molecule has 154 valence electrons. The molecule has 0 amide bonds. The topological polar surface area (TPSA) is 99.4 Å². The normalized spacial score (nSPS) is 25.6. The number of nitrogens with zero attached hydrogens (tertiary/aromatic N) is 1. The van der Waals surface area contributed by atoms with Crippen LogP contribution in [0.4, 0.5) is 0 Å². The number of rotatable bonds is 13. The number of carboxylic acid groups (broad SMARTS) is 1. The molecule has 1 rings (SSSR count). The predicted octanol–water partition coefficient (Wildman–Crippen LogP) is 3.68. The van der Waals surface area contributed by atoms with E-state index in [1.807, 2.05) is 18.2 Å². The van der Waals surface area contributed by atoms with Crippen molar-refractivity contribution in [2.75, 3.05) is 7.11 Å². The van der Waals surface area contributed by atoms with Crippen molar-refractivity contribution < 1.29 is 25.0 Å². The second kappa shape index (κ2) is 13.5. The highest BCUT2D eigenvalue weighted by molar-refractivity contribution is 5.89. The number of carbonyl (C=O) groups is 1. The van der Waals surface area contributed by atoms with Crippen LogP contribution >= 0.6 is 0 Å². The van der Waals surface area contributed by atoms with Gasteiger partial charge in [0.05, 0.1) is 17.9 Å². The summed E-state index contributed by atoms with van der Waals surface area (Å²) >= 11 is 0. The number of aliphatic hydroxyl groups is 2. The molecular weight excluding hydrogens is 346 g/mol. The molecule has 4 atom stereocenters. The lowest BCUT2D eigenvalue weighted by Gasteiger charge is -2.18. The van der Waals surface area contributed by atoms with E-state index in [1.54, 1.807) is 6.08 Å². The lowest BCUT2D eigenvalue weighted by Crippen LogP contribution is -2.19. The van der Waals surface area contributed by atoms with Gasteiger partial charge in [-0.2, -0.15) is 0 Å². The van der Waals surface area contributed by atoms with Gasteiger partial charge in [-0.05, 0) is 25.7 Å². The van der Waals surface area contributed by atoms with Crippen molar-refractivity contribution in [2.45, 2.75) is 76.9 Å². The number of aliphatic carboxylic acids is 1. The number of allylic oxidation sites excluding steroid dienone is 2. The van der Waals surface area contributed by atoms with Gasteiger partial charge >= 0.3 is 5.97 Å². The van der Waals surface area contributed by atoms with Crippen molar-refractivity contribution in [1.29, 1.82) is 0 Å². The summed E-state index contributed by atoms with van der Waals surface area (Å²) in [6.45, 7) is 2.13. The summed E-state index contributed by atoms with van der Waals surface area (Å²) in [6.07, 6.45) is 13.3. The number of oxime groups is 1. The molecule has 6 heteroatoms. The summed E-state index contributed by atoms with van der Waals surface area (Å²) in [5.74, 6) is -0.863. The molecule has 3 N–H and O–H groups in total. The van der Waals surface area contributed by atoms with Crippen molar-refractivity contribution in [3.63, 3.8) is 0 Å². The highest BCUT2D eigenvalue weighted by atomic mass is 16.6. The summed E-state index contributed by atoms with van der Waals surface area (Å²) in [5, 5.41) is 33.3. The second-order valence-corrected chi connectivity index (χ2v) is 7.16. The Bertz CT molecular complexity index is 515. The van der Waals surface area contributed by atoms with Crippen LogP contribution in [-0.4, -0.2) is 46.3 Å². The van der Waals surface area contributed by atoms with E-state index in [-0.39, 0.29) is 18.3 Å². The maximum Gasteiger partial charge on any atom is 0.303 e. The van der Waals surface area contributed by atoms with Crippen LogP contribution in [0, 0.1) is 11.8 Å². The second-order valence-electron chi connectivity index (χ2n) is 7.16. The van der Waals surface area contributed by atoms with Crippen molar-refractivity contribution in [3.05, 3.63) is 24.3 Å². The predicted molar refractivity (Wildman–Crippen MR) is 107 cm³/mol. The van der Waals surface area contributed by atoms with Gasteiger partial charge in [-0.25, -0.2) is 0 Å². The zero-order valence-electron chi connectivity index (χ0n) is 16.6. The minimum atomic E-state index is -0.778. The lowest BCUT2D eigenvalue weighted by molar-refractivity contribution is -0.137. The van der Waals surface area contributed by atoms with Crippen molar-refractivity contribution in [3.8, 4) is 0 Å². The summed E-state index contributed by atoms with van der Waals surface area (Å²) in [7, 11) is 1.50. The number of hydrogen-bond donors (Lipinski definition) is 3. The molecular formula is C21H35NO5. The summed E-state index contributed by atoms with van der Waals surface area (Å²) in [5.41, 5.74) is 0.829. The molecule has 1 saturated carbocycles. The first kappa shape index (κ1) is 23.4. The zero-order valence-corrected chi connectivity index (χ0v) is 16.6. The Hall–Kier alpha value is -1.66. The van der Waals surface area contributed by atoms with Gasteiger partial charge in [0.1, 0.15) is 7.11 Å². The van der Waals surface area contributed by atoms with Crippen LogP contribution in [0.2, 0.25) is 0 Å². The molecule has 0 spiro atoms. The van der Waals surface area contributed by atoms with Crippen molar-refractivity contribution >= 4 is 11.7 Å². The van der Waals surface area contributed by atoms with E-state index in [1.165, 1.54) is 7.11 Å². The third-order valence-electron chi connectivity index (χ3n) is 4.94. The van der Waals surface area contributed by atoms with Gasteiger partial charge in [0.25, 0.3) is 0 Å². The van der Waals surface area contributed by atoms with Crippen LogP contribution in [0.5, 0.6) is 0 Å². The fourth-order valence-electron chi connectivity index (χ4n) is 3.46. The van der Waals surface area contributed by atoms with E-state index in [2.05, 4.69) is 12.1 Å². The average Bonchev–Trinajstić information content (AvgIpc) is 2.91. The first-order chi connectivity index (χ1) is 13.0. The third kappa shape index (κ3) is 9.20. The Balaban J connectivity index is 2.64. The van der Waals surface area contributed by atoms with E-state index in [4.69, 9.17) is 9.94 Å². The first-order valence-electron chi connectivity index (χ1n) is 10.0. The minimum absolute atomic E-state index is 0.0229. The lowest BCUT2D eigenvalue weighted by atomic mass is 9.89. The van der Waals surface area contributed by atoms with Gasteiger partial charge in [0, 0.05) is 24.7 Å². The summed E-state index contributed by atoms with van der Waals surface area (Å²) in [6, 6.07) is 0. The third-order valence-corrected chi connectivity index (χ3v) is 4.94. The Labute approximate surface area is 162 Å². The smallest absolute Gasteiger partial charge is 0.303 e. The quantitative estimate of drug-likeness (QED) is 0.257. The number of unbranched alkanes of at least 4 members (excludes halogenated alkanes) is 3. The van der Waals surface area contributed by atoms with Crippen molar-refractivity contribution in [1.82, 2.24) is 0 Å². The first-order valence-corrected chi connectivity index (χ1v) is 10.0. The summed E-state index contributed by atoms with van der Waals surface area (Å²) in [4.78, 5) is 15.5. The fourth-order valence-corrected chi connectivity index (χ4v) is 3.46. The maximum atomic E-state index is 10.5. The molecule has 1 aliphatic rings. The number of hydrogen-bond acceptors (Lipinski definition) is 5. The molecule has 0 aromatic heterocycles. The largest absolute Gasteiger partial charge is 0.481 e. The number of aliphatic hydroxyl groups excluding tert-OH is 2. The van der Waals surface area contributed by atoms with Gasteiger partial charge < -0.3 is 20.2 Å². The Morgan fingerprint density at radius 1 is 1.33 bits per heavy atom. The molecule has 0 aromatic carbocycles. The molecule has 6 nitrogen and oxygen atoms in total. The molecule has 0 aliphatic heterocycles. The van der Waals surface area contributed by atoms with Crippen LogP contribution in [0.1, 0.15) is 64.7 Å². The monoisotopic (exact) mass is 381 g/mol. The maximum absolute atomic E-state index is 10.5. The van der Waals surface area contributed by atoms with E-state index < -0.39 is 18.2 Å². The number of carboxylic acids is 1. The molecule has 0 heterocycles.